The summed E-state index contributed by atoms with van der Waals surface area (Å²) < 4.78 is 4.99. The summed E-state index contributed by atoms with van der Waals surface area (Å²) >= 11 is 7.39. The van der Waals surface area contributed by atoms with Gasteiger partial charge in [-0.2, -0.15) is 0 Å². The summed E-state index contributed by atoms with van der Waals surface area (Å²) in [6.07, 6.45) is 1.47. The van der Waals surface area contributed by atoms with Crippen LogP contribution in [-0.4, -0.2) is 45.8 Å². The predicted molar refractivity (Wildman–Crippen MR) is 62.7 cm³/mol. The van der Waals surface area contributed by atoms with Crippen molar-refractivity contribution in [3.63, 3.8) is 0 Å². The minimum Gasteiger partial charge on any atom is -0.478 e. The molecule has 0 aromatic heterocycles. The van der Waals surface area contributed by atoms with Gasteiger partial charge in [-0.3, -0.25) is 0 Å². The van der Waals surface area contributed by atoms with E-state index in [0.717, 1.165) is 0 Å². The molecule has 0 saturated carbocycles. The van der Waals surface area contributed by atoms with Crippen LogP contribution in [0.15, 0.2) is 16.6 Å². The molecule has 0 saturated heterocycles. The number of carboxylic acids is 1. The van der Waals surface area contributed by atoms with Gasteiger partial charge >= 0.3 is 5.97 Å². The quantitative estimate of drug-likeness (QED) is 0.692. The van der Waals surface area contributed by atoms with Gasteiger partial charge in [-0.1, -0.05) is 11.8 Å². The molecule has 0 bridgehead atoms. The maximum Gasteiger partial charge on any atom is 0.337 e. The molecule has 7 heteroatoms. The minimum absolute atomic E-state index is 0.0598. The normalized spacial score (nSPS) is 32.9. The first kappa shape index (κ1) is 11.5. The van der Waals surface area contributed by atoms with Gasteiger partial charge in [-0.15, -0.1) is 11.6 Å². The Labute approximate surface area is 101 Å². The Hall–Kier alpha value is -1.01. The fraction of sp³-hybridized carbons (Fsp3) is 0.444. The molecule has 1 aliphatic heterocycles. The smallest absolute Gasteiger partial charge is 0.337 e. The summed E-state index contributed by atoms with van der Waals surface area (Å²) in [4.78, 5) is 15.1. The zero-order valence-electron chi connectivity index (χ0n) is 8.31. The molecular weight excluding hydrogens is 252 g/mol. The van der Waals surface area contributed by atoms with E-state index in [1.165, 1.54) is 24.9 Å². The lowest BCUT2D eigenvalue weighted by molar-refractivity contribution is -0.132. The first-order chi connectivity index (χ1) is 7.54. The van der Waals surface area contributed by atoms with Crippen LogP contribution in [0, 0.1) is 5.41 Å². The fourth-order valence-corrected chi connectivity index (χ4v) is 3.10. The summed E-state index contributed by atoms with van der Waals surface area (Å²) in [6, 6.07) is -0.317. The van der Waals surface area contributed by atoms with E-state index in [1.807, 2.05) is 0 Å². The molecule has 3 atom stereocenters. The SMILES string of the molecule is COC1=NC2C=C(C(=O)O)C(=N)C(Cl)C2S1. The van der Waals surface area contributed by atoms with Crippen molar-refractivity contribution < 1.29 is 14.6 Å². The zero-order valence-corrected chi connectivity index (χ0v) is 9.88. The Morgan fingerprint density at radius 3 is 3.00 bits per heavy atom. The molecule has 0 aromatic carbocycles. The van der Waals surface area contributed by atoms with Gasteiger partial charge in [-0.05, 0) is 6.08 Å². The van der Waals surface area contributed by atoms with Crippen LogP contribution >= 0.6 is 23.4 Å². The van der Waals surface area contributed by atoms with Crippen molar-refractivity contribution in [1.82, 2.24) is 0 Å². The van der Waals surface area contributed by atoms with E-state index >= 15 is 0 Å². The maximum absolute atomic E-state index is 10.9. The summed E-state index contributed by atoms with van der Waals surface area (Å²) in [7, 11) is 1.50. The highest BCUT2D eigenvalue weighted by Crippen LogP contribution is 2.37. The molecule has 0 fully saturated rings. The number of ether oxygens (including phenoxy) is 1. The molecule has 1 heterocycles. The van der Waals surface area contributed by atoms with Crippen molar-refractivity contribution in [3.8, 4) is 0 Å². The van der Waals surface area contributed by atoms with Crippen LogP contribution in [0.1, 0.15) is 0 Å². The van der Waals surface area contributed by atoms with Crippen molar-refractivity contribution in [2.75, 3.05) is 7.11 Å². The van der Waals surface area contributed by atoms with Gasteiger partial charge in [0, 0.05) is 0 Å². The number of thioether (sulfide) groups is 1. The van der Waals surface area contributed by atoms with E-state index in [1.54, 1.807) is 0 Å². The van der Waals surface area contributed by atoms with Crippen LogP contribution in [0.4, 0.5) is 0 Å². The standard InChI is InChI=1S/C9H9ClN2O3S/c1-15-9-12-4-2-3(8(13)14)6(11)5(10)7(4)16-9/h2,4-5,7,11H,1H3,(H,13,14). The van der Waals surface area contributed by atoms with Gasteiger partial charge in [0.25, 0.3) is 0 Å². The third-order valence-electron chi connectivity index (χ3n) is 2.42. The van der Waals surface area contributed by atoms with E-state index in [0.29, 0.717) is 5.23 Å². The number of methoxy groups -OCH3 is 1. The molecule has 2 rings (SSSR count). The maximum atomic E-state index is 10.9. The molecular formula is C9H9ClN2O3S. The second kappa shape index (κ2) is 4.10. The van der Waals surface area contributed by atoms with Crippen LogP contribution in [-0.2, 0) is 9.53 Å². The van der Waals surface area contributed by atoms with E-state index in [2.05, 4.69) is 4.99 Å². The third kappa shape index (κ3) is 1.72. The molecule has 0 spiro atoms. The molecule has 0 amide bonds. The minimum atomic E-state index is -1.14. The Morgan fingerprint density at radius 1 is 1.75 bits per heavy atom. The van der Waals surface area contributed by atoms with E-state index in [9.17, 15) is 4.79 Å². The number of halogens is 1. The van der Waals surface area contributed by atoms with Crippen molar-refractivity contribution in [3.05, 3.63) is 11.6 Å². The number of nitrogens with zero attached hydrogens (tertiary/aromatic N) is 1. The molecule has 5 nitrogen and oxygen atoms in total. The number of alkyl halides is 1. The molecule has 2 N–H and O–H groups in total. The number of fused-ring (bicyclic) bond motifs is 1. The molecule has 1 aliphatic carbocycles. The number of aliphatic carboxylic acids is 1. The highest BCUT2D eigenvalue weighted by molar-refractivity contribution is 8.14. The number of hydrogen-bond donors (Lipinski definition) is 2. The molecule has 16 heavy (non-hydrogen) atoms. The first-order valence-electron chi connectivity index (χ1n) is 4.51. The Balaban J connectivity index is 2.35. The van der Waals surface area contributed by atoms with Crippen molar-refractivity contribution >= 4 is 40.3 Å². The van der Waals surface area contributed by atoms with E-state index in [-0.39, 0.29) is 22.6 Å². The van der Waals surface area contributed by atoms with Crippen molar-refractivity contribution in [2.45, 2.75) is 16.7 Å². The number of aliphatic imine (C=N–C) groups is 1. The average Bonchev–Trinajstić information content (AvgIpc) is 2.66. The molecule has 2 aliphatic rings. The van der Waals surface area contributed by atoms with Gasteiger partial charge in [-0.25, -0.2) is 9.79 Å². The third-order valence-corrected chi connectivity index (χ3v) is 4.36. The summed E-state index contributed by atoms with van der Waals surface area (Å²) in [5.74, 6) is -1.14. The van der Waals surface area contributed by atoms with Crippen molar-refractivity contribution in [2.24, 2.45) is 4.99 Å². The largest absolute Gasteiger partial charge is 0.478 e. The lowest BCUT2D eigenvalue weighted by Gasteiger charge is -2.25. The van der Waals surface area contributed by atoms with Crippen LogP contribution in [0.2, 0.25) is 0 Å². The number of carboxylic acid groups (broad SMARTS) is 1. The number of hydrogen-bond acceptors (Lipinski definition) is 5. The summed E-state index contributed by atoms with van der Waals surface area (Å²) in [5, 5.41) is 16.3. The van der Waals surface area contributed by atoms with Gasteiger partial charge < -0.3 is 15.3 Å². The van der Waals surface area contributed by atoms with Gasteiger partial charge in [0.15, 0.2) is 0 Å². The number of nitrogens with one attached hydrogen (secondary N) is 1. The van der Waals surface area contributed by atoms with Gasteiger partial charge in [0.05, 0.1) is 35.1 Å². The van der Waals surface area contributed by atoms with Crippen LogP contribution in [0.25, 0.3) is 0 Å². The molecule has 3 unspecified atom stereocenters. The summed E-state index contributed by atoms with van der Waals surface area (Å²) in [6.45, 7) is 0. The molecule has 0 aromatic rings. The Morgan fingerprint density at radius 2 is 2.44 bits per heavy atom. The number of rotatable bonds is 1. The fourth-order valence-electron chi connectivity index (χ4n) is 1.64. The topological polar surface area (TPSA) is 82.7 Å². The molecule has 86 valence electrons. The van der Waals surface area contributed by atoms with Crippen LogP contribution < -0.4 is 0 Å². The summed E-state index contributed by atoms with van der Waals surface area (Å²) in [5.41, 5.74) is -0.126. The second-order valence-corrected chi connectivity index (χ2v) is 4.97. The average molecular weight is 261 g/mol. The van der Waals surface area contributed by atoms with E-state index < -0.39 is 11.3 Å². The predicted octanol–water partition coefficient (Wildman–Crippen LogP) is 1.12. The van der Waals surface area contributed by atoms with Crippen LogP contribution in [0.3, 0.4) is 0 Å². The highest BCUT2D eigenvalue weighted by Gasteiger charge is 2.43. The first-order valence-corrected chi connectivity index (χ1v) is 5.82. The zero-order chi connectivity index (χ0) is 11.9. The van der Waals surface area contributed by atoms with E-state index in [4.69, 9.17) is 26.9 Å². The Bertz CT molecular complexity index is 421. The lowest BCUT2D eigenvalue weighted by Crippen LogP contribution is -2.39. The van der Waals surface area contributed by atoms with Crippen LogP contribution in [0.5, 0.6) is 0 Å². The second-order valence-electron chi connectivity index (χ2n) is 3.37. The lowest BCUT2D eigenvalue weighted by atomic mass is 9.93. The highest BCUT2D eigenvalue weighted by atomic mass is 35.5. The monoisotopic (exact) mass is 260 g/mol. The number of carbonyl (C=O) groups is 1. The van der Waals surface area contributed by atoms with Gasteiger partial charge in [0.2, 0.25) is 5.23 Å². The Kier molecular flexibility index (Phi) is 2.94. The van der Waals surface area contributed by atoms with Gasteiger partial charge in [0.1, 0.15) is 0 Å². The molecule has 0 radical (unpaired) electrons. The van der Waals surface area contributed by atoms with Crippen molar-refractivity contribution in [1.29, 1.82) is 5.41 Å².